The second kappa shape index (κ2) is 8.38. The number of benzene rings is 1. The average Bonchev–Trinajstić information content (AvgIpc) is 3.18. The van der Waals surface area contributed by atoms with E-state index in [9.17, 15) is 5.11 Å². The van der Waals surface area contributed by atoms with E-state index in [1.807, 2.05) is 42.5 Å². The first kappa shape index (κ1) is 19.0. The molecule has 1 aliphatic rings. The number of nitrogens with one attached hydrogen (secondary N) is 1. The molecule has 2 N–H and O–H groups in total. The summed E-state index contributed by atoms with van der Waals surface area (Å²) < 4.78 is 7.09. The highest BCUT2D eigenvalue weighted by Crippen LogP contribution is 2.33. The topological polar surface area (TPSA) is 80.2 Å². The van der Waals surface area contributed by atoms with Gasteiger partial charge in [0.05, 0.1) is 34.3 Å². The van der Waals surface area contributed by atoms with Gasteiger partial charge in [-0.25, -0.2) is 4.98 Å². The van der Waals surface area contributed by atoms with Crippen molar-refractivity contribution in [2.45, 2.75) is 37.8 Å². The van der Waals surface area contributed by atoms with Gasteiger partial charge in [0, 0.05) is 24.0 Å². The Hall–Kier alpha value is -3.03. The zero-order valence-corrected chi connectivity index (χ0v) is 17.2. The molecule has 1 saturated carbocycles. The second-order valence-corrected chi connectivity index (χ2v) is 8.51. The van der Waals surface area contributed by atoms with Crippen molar-refractivity contribution >= 4 is 26.7 Å². The fourth-order valence-electron chi connectivity index (χ4n) is 3.75. The Labute approximate surface area is 178 Å². The number of ether oxygens (including phenoxy) is 1. The molecule has 1 aromatic carbocycles. The van der Waals surface area contributed by atoms with E-state index in [2.05, 4.69) is 20.3 Å². The Bertz CT molecular complexity index is 1150. The summed E-state index contributed by atoms with van der Waals surface area (Å²) in [7, 11) is 0. The van der Waals surface area contributed by atoms with Crippen LogP contribution in [-0.4, -0.2) is 32.2 Å². The van der Waals surface area contributed by atoms with Gasteiger partial charge in [-0.15, -0.1) is 0 Å². The molecule has 0 spiro atoms. The minimum absolute atomic E-state index is 0.0791. The molecule has 0 bridgehead atoms. The molecule has 1 fully saturated rings. The lowest BCUT2D eigenvalue weighted by Gasteiger charge is -2.27. The second-order valence-electron chi connectivity index (χ2n) is 7.48. The largest absolute Gasteiger partial charge is 0.456 e. The Morgan fingerprint density at radius 2 is 1.97 bits per heavy atom. The lowest BCUT2D eigenvalue weighted by atomic mass is 9.93. The number of aliphatic hydroxyl groups excluding tert-OH is 1. The Balaban J connectivity index is 1.34. The summed E-state index contributed by atoms with van der Waals surface area (Å²) in [6.45, 7) is 0. The average molecular weight is 419 g/mol. The van der Waals surface area contributed by atoms with Crippen LogP contribution in [0.1, 0.15) is 25.7 Å². The van der Waals surface area contributed by atoms with Crippen molar-refractivity contribution in [3.05, 3.63) is 61.1 Å². The van der Waals surface area contributed by atoms with E-state index < -0.39 is 0 Å². The maximum absolute atomic E-state index is 10.2. The summed E-state index contributed by atoms with van der Waals surface area (Å²) >= 11 is 1.58. The fourth-order valence-corrected chi connectivity index (χ4v) is 4.71. The summed E-state index contributed by atoms with van der Waals surface area (Å²) in [4.78, 5) is 13.3. The van der Waals surface area contributed by atoms with E-state index in [-0.39, 0.29) is 12.1 Å². The third kappa shape index (κ3) is 4.13. The van der Waals surface area contributed by atoms with Crippen LogP contribution in [0.3, 0.4) is 0 Å². The number of anilines is 1. The molecule has 0 aliphatic heterocycles. The van der Waals surface area contributed by atoms with Crippen molar-refractivity contribution < 1.29 is 9.84 Å². The molecule has 0 amide bonds. The van der Waals surface area contributed by atoms with Gasteiger partial charge in [0.1, 0.15) is 11.5 Å². The lowest BCUT2D eigenvalue weighted by Crippen LogP contribution is -2.36. The van der Waals surface area contributed by atoms with Gasteiger partial charge < -0.3 is 15.2 Å². The zero-order chi connectivity index (χ0) is 20.3. The van der Waals surface area contributed by atoms with E-state index in [0.717, 1.165) is 58.0 Å². The molecule has 0 radical (unpaired) electrons. The van der Waals surface area contributed by atoms with Gasteiger partial charge in [0.2, 0.25) is 0 Å². The van der Waals surface area contributed by atoms with Crippen LogP contribution in [0.4, 0.5) is 5.13 Å². The van der Waals surface area contributed by atoms with Crippen LogP contribution >= 0.6 is 11.3 Å². The highest BCUT2D eigenvalue weighted by atomic mass is 32.1. The van der Waals surface area contributed by atoms with Crippen LogP contribution in [0.25, 0.3) is 21.5 Å². The summed E-state index contributed by atoms with van der Waals surface area (Å²) in [5.74, 6) is 1.39. The van der Waals surface area contributed by atoms with E-state index >= 15 is 0 Å². The van der Waals surface area contributed by atoms with Gasteiger partial charge in [0.25, 0.3) is 0 Å². The fraction of sp³-hybridized carbons (Fsp3) is 0.261. The molecule has 30 heavy (non-hydrogen) atoms. The summed E-state index contributed by atoms with van der Waals surface area (Å²) in [5, 5.41) is 14.5. The van der Waals surface area contributed by atoms with Crippen molar-refractivity contribution in [1.29, 1.82) is 0 Å². The number of hydrogen-bond acceptors (Lipinski definition) is 7. The van der Waals surface area contributed by atoms with Crippen LogP contribution in [0, 0.1) is 0 Å². The molecule has 0 unspecified atom stereocenters. The number of fused-ring (bicyclic) bond motifs is 1. The van der Waals surface area contributed by atoms with Gasteiger partial charge in [-0.1, -0.05) is 30.2 Å². The van der Waals surface area contributed by atoms with Crippen LogP contribution in [-0.2, 0) is 0 Å². The molecule has 4 aromatic rings. The van der Waals surface area contributed by atoms with Crippen molar-refractivity contribution in [1.82, 2.24) is 15.0 Å². The quantitative estimate of drug-likeness (QED) is 0.460. The molecule has 1 aliphatic carbocycles. The number of thiazole rings is 1. The molecule has 7 heteroatoms. The SMILES string of the molecule is O[C@@H]1CCCC[C@H]1Nc1nc2ccc(Oc3cncc(-c4ccccn4)c3)cc2s1. The number of hydrogen-bond donors (Lipinski definition) is 2. The molecular formula is C23H22N4O2S. The maximum atomic E-state index is 10.2. The summed E-state index contributed by atoms with van der Waals surface area (Å²) in [6, 6.07) is 13.7. The predicted octanol–water partition coefficient (Wildman–Crippen LogP) is 5.26. The van der Waals surface area contributed by atoms with Gasteiger partial charge in [0.15, 0.2) is 5.13 Å². The molecular weight excluding hydrogens is 396 g/mol. The van der Waals surface area contributed by atoms with Crippen LogP contribution < -0.4 is 10.1 Å². The van der Waals surface area contributed by atoms with Crippen LogP contribution in [0.15, 0.2) is 61.1 Å². The van der Waals surface area contributed by atoms with E-state index in [1.54, 1.807) is 29.9 Å². The van der Waals surface area contributed by atoms with Gasteiger partial charge >= 0.3 is 0 Å². The van der Waals surface area contributed by atoms with Crippen molar-refractivity contribution in [3.8, 4) is 22.8 Å². The molecule has 2 atom stereocenters. The summed E-state index contributed by atoms with van der Waals surface area (Å²) in [6.07, 6.45) is 9.00. The third-order valence-corrected chi connectivity index (χ3v) is 6.26. The first-order valence-electron chi connectivity index (χ1n) is 10.1. The number of rotatable bonds is 5. The molecule has 6 nitrogen and oxygen atoms in total. The van der Waals surface area contributed by atoms with Crippen molar-refractivity contribution in [2.75, 3.05) is 5.32 Å². The molecule has 0 saturated heterocycles. The van der Waals surface area contributed by atoms with Gasteiger partial charge in [-0.3, -0.25) is 9.97 Å². The third-order valence-electron chi connectivity index (χ3n) is 5.31. The number of aliphatic hydroxyl groups is 1. The minimum atomic E-state index is -0.302. The van der Waals surface area contributed by atoms with E-state index in [4.69, 9.17) is 4.74 Å². The zero-order valence-electron chi connectivity index (χ0n) is 16.4. The monoisotopic (exact) mass is 418 g/mol. The first-order valence-corrected chi connectivity index (χ1v) is 11.0. The maximum Gasteiger partial charge on any atom is 0.184 e. The van der Waals surface area contributed by atoms with E-state index in [1.165, 1.54) is 0 Å². The first-order chi connectivity index (χ1) is 14.7. The molecule has 152 valence electrons. The van der Waals surface area contributed by atoms with Gasteiger partial charge in [-0.2, -0.15) is 0 Å². The van der Waals surface area contributed by atoms with E-state index in [0.29, 0.717) is 5.75 Å². The molecule has 3 aromatic heterocycles. The normalized spacial score (nSPS) is 19.0. The van der Waals surface area contributed by atoms with Gasteiger partial charge in [-0.05, 0) is 43.2 Å². The highest BCUT2D eigenvalue weighted by molar-refractivity contribution is 7.22. The van der Waals surface area contributed by atoms with Crippen molar-refractivity contribution in [3.63, 3.8) is 0 Å². The summed E-state index contributed by atoms with van der Waals surface area (Å²) in [5.41, 5.74) is 2.68. The minimum Gasteiger partial charge on any atom is -0.456 e. The number of aromatic nitrogens is 3. The van der Waals surface area contributed by atoms with Crippen LogP contribution in [0.2, 0.25) is 0 Å². The van der Waals surface area contributed by atoms with Crippen LogP contribution in [0.5, 0.6) is 11.5 Å². The standard InChI is InChI=1S/C23H22N4O2S/c28-21-7-2-1-6-19(21)26-23-27-20-9-8-16(12-22(20)30-23)29-17-11-15(13-24-14-17)18-5-3-4-10-25-18/h3-5,8-14,19,21,28H,1-2,6-7H2,(H,26,27)/t19-,21-/m1/s1. The number of pyridine rings is 2. The Kier molecular flexibility index (Phi) is 5.29. The van der Waals surface area contributed by atoms with Crippen molar-refractivity contribution in [2.24, 2.45) is 0 Å². The molecule has 5 rings (SSSR count). The Morgan fingerprint density at radius 1 is 1.03 bits per heavy atom. The molecule has 3 heterocycles. The Morgan fingerprint density at radius 3 is 2.83 bits per heavy atom. The highest BCUT2D eigenvalue weighted by Gasteiger charge is 2.23. The number of nitrogens with zero attached hydrogens (tertiary/aromatic N) is 3. The lowest BCUT2D eigenvalue weighted by molar-refractivity contribution is 0.116. The predicted molar refractivity (Wildman–Crippen MR) is 119 cm³/mol. The smallest absolute Gasteiger partial charge is 0.184 e.